The van der Waals surface area contributed by atoms with Gasteiger partial charge in [0.2, 0.25) is 5.88 Å². The third-order valence-corrected chi connectivity index (χ3v) is 2.73. The Bertz CT molecular complexity index is 683. The Balaban J connectivity index is 2.15. The highest BCUT2D eigenvalue weighted by molar-refractivity contribution is 5.80. The van der Waals surface area contributed by atoms with Gasteiger partial charge in [-0.05, 0) is 29.8 Å². The Kier molecular flexibility index (Phi) is 2.61. The maximum atomic E-state index is 5.12. The minimum atomic E-state index is 0.594. The van der Waals surface area contributed by atoms with Crippen LogP contribution in [0.1, 0.15) is 0 Å². The van der Waals surface area contributed by atoms with Crippen LogP contribution in [-0.4, -0.2) is 22.1 Å². The lowest BCUT2D eigenvalue weighted by atomic mass is 10.1. The number of aromatic nitrogens is 3. The highest BCUT2D eigenvalue weighted by Crippen LogP contribution is 2.22. The quantitative estimate of drug-likeness (QED) is 0.687. The summed E-state index contributed by atoms with van der Waals surface area (Å²) in [4.78, 5) is 12.8. The van der Waals surface area contributed by atoms with Gasteiger partial charge in [-0.2, -0.15) is 0 Å². The highest BCUT2D eigenvalue weighted by atomic mass is 16.5. The minimum Gasteiger partial charge on any atom is -0.481 e. The van der Waals surface area contributed by atoms with E-state index in [1.807, 2.05) is 30.5 Å². The van der Waals surface area contributed by atoms with Crippen LogP contribution < -0.4 is 4.74 Å². The molecule has 0 N–H and O–H groups in total. The first-order chi connectivity index (χ1) is 8.86. The Hall–Kier alpha value is -2.49. The summed E-state index contributed by atoms with van der Waals surface area (Å²) in [6.07, 6.45) is 5.36. The summed E-state index contributed by atoms with van der Waals surface area (Å²) in [5.74, 6) is 0.594. The van der Waals surface area contributed by atoms with E-state index in [1.54, 1.807) is 25.6 Å². The molecule has 0 bridgehead atoms. The fourth-order valence-corrected chi connectivity index (χ4v) is 1.80. The van der Waals surface area contributed by atoms with Crippen LogP contribution in [0.15, 0.2) is 48.9 Å². The van der Waals surface area contributed by atoms with Crippen LogP contribution >= 0.6 is 0 Å². The predicted molar refractivity (Wildman–Crippen MR) is 69.3 cm³/mol. The van der Waals surface area contributed by atoms with E-state index in [4.69, 9.17) is 4.74 Å². The van der Waals surface area contributed by atoms with Gasteiger partial charge < -0.3 is 4.74 Å². The average Bonchev–Trinajstić information content (AvgIpc) is 2.47. The van der Waals surface area contributed by atoms with Gasteiger partial charge in [-0.3, -0.25) is 9.97 Å². The third kappa shape index (κ3) is 1.88. The molecule has 88 valence electrons. The van der Waals surface area contributed by atoms with E-state index < -0.39 is 0 Å². The van der Waals surface area contributed by atoms with Gasteiger partial charge in [0, 0.05) is 30.2 Å². The van der Waals surface area contributed by atoms with Crippen molar-refractivity contribution < 1.29 is 4.74 Å². The van der Waals surface area contributed by atoms with Gasteiger partial charge in [-0.25, -0.2) is 4.98 Å². The molecule has 0 spiro atoms. The zero-order chi connectivity index (χ0) is 12.4. The summed E-state index contributed by atoms with van der Waals surface area (Å²) in [6, 6.07) is 9.60. The SMILES string of the molecule is COc1ccc2ncc(-c3ccncc3)cc2n1. The van der Waals surface area contributed by atoms with Gasteiger partial charge in [0.15, 0.2) is 0 Å². The van der Waals surface area contributed by atoms with Crippen molar-refractivity contribution in [1.82, 2.24) is 15.0 Å². The molecule has 0 aliphatic carbocycles. The van der Waals surface area contributed by atoms with Crippen molar-refractivity contribution >= 4 is 11.0 Å². The van der Waals surface area contributed by atoms with Gasteiger partial charge in [0.1, 0.15) is 0 Å². The molecule has 18 heavy (non-hydrogen) atoms. The minimum absolute atomic E-state index is 0.594. The molecule has 4 nitrogen and oxygen atoms in total. The molecule has 0 atom stereocenters. The topological polar surface area (TPSA) is 47.9 Å². The zero-order valence-corrected chi connectivity index (χ0v) is 9.87. The van der Waals surface area contributed by atoms with Crippen LogP contribution in [0.5, 0.6) is 5.88 Å². The average molecular weight is 237 g/mol. The van der Waals surface area contributed by atoms with Crippen LogP contribution in [0.4, 0.5) is 0 Å². The molecule has 0 aliphatic heterocycles. The first kappa shape index (κ1) is 10.7. The van der Waals surface area contributed by atoms with Crippen LogP contribution in [-0.2, 0) is 0 Å². The van der Waals surface area contributed by atoms with E-state index in [0.717, 1.165) is 22.2 Å². The van der Waals surface area contributed by atoms with E-state index in [2.05, 4.69) is 15.0 Å². The van der Waals surface area contributed by atoms with E-state index >= 15 is 0 Å². The lowest BCUT2D eigenvalue weighted by Crippen LogP contribution is -1.90. The third-order valence-electron chi connectivity index (χ3n) is 2.73. The maximum absolute atomic E-state index is 5.12. The summed E-state index contributed by atoms with van der Waals surface area (Å²) >= 11 is 0. The second-order valence-electron chi connectivity index (χ2n) is 3.85. The summed E-state index contributed by atoms with van der Waals surface area (Å²) in [5, 5.41) is 0. The van der Waals surface area contributed by atoms with Crippen molar-refractivity contribution in [2.75, 3.05) is 7.11 Å². The maximum Gasteiger partial charge on any atom is 0.213 e. The molecule has 0 radical (unpaired) electrons. The van der Waals surface area contributed by atoms with Crippen molar-refractivity contribution in [1.29, 1.82) is 0 Å². The van der Waals surface area contributed by atoms with Crippen molar-refractivity contribution in [3.8, 4) is 17.0 Å². The number of fused-ring (bicyclic) bond motifs is 1. The summed E-state index contributed by atoms with van der Waals surface area (Å²) in [7, 11) is 1.61. The number of hydrogen-bond donors (Lipinski definition) is 0. The molecule has 0 fully saturated rings. The zero-order valence-electron chi connectivity index (χ0n) is 9.87. The molecule has 4 heteroatoms. The van der Waals surface area contributed by atoms with Crippen molar-refractivity contribution in [2.24, 2.45) is 0 Å². The first-order valence-corrected chi connectivity index (χ1v) is 5.58. The van der Waals surface area contributed by atoms with Gasteiger partial charge >= 0.3 is 0 Å². The van der Waals surface area contributed by atoms with Gasteiger partial charge in [-0.15, -0.1) is 0 Å². The molecular formula is C14H11N3O. The van der Waals surface area contributed by atoms with E-state index in [1.165, 1.54) is 0 Å². The van der Waals surface area contributed by atoms with Crippen LogP contribution in [0.2, 0.25) is 0 Å². The number of ether oxygens (including phenoxy) is 1. The lowest BCUT2D eigenvalue weighted by molar-refractivity contribution is 0.399. The lowest BCUT2D eigenvalue weighted by Gasteiger charge is -2.04. The second-order valence-corrected chi connectivity index (χ2v) is 3.85. The van der Waals surface area contributed by atoms with Crippen LogP contribution in [0.3, 0.4) is 0 Å². The Labute approximate surface area is 104 Å². The molecule has 3 aromatic heterocycles. The smallest absolute Gasteiger partial charge is 0.213 e. The normalized spacial score (nSPS) is 10.5. The highest BCUT2D eigenvalue weighted by Gasteiger charge is 2.03. The second kappa shape index (κ2) is 4.41. The largest absolute Gasteiger partial charge is 0.481 e. The van der Waals surface area contributed by atoms with Gasteiger partial charge in [0.05, 0.1) is 18.1 Å². The van der Waals surface area contributed by atoms with Crippen molar-refractivity contribution in [3.05, 3.63) is 48.9 Å². The van der Waals surface area contributed by atoms with Crippen molar-refractivity contribution in [3.63, 3.8) is 0 Å². The first-order valence-electron chi connectivity index (χ1n) is 5.58. The molecular weight excluding hydrogens is 226 g/mol. The monoisotopic (exact) mass is 237 g/mol. The number of methoxy groups -OCH3 is 1. The predicted octanol–water partition coefficient (Wildman–Crippen LogP) is 2.70. The fourth-order valence-electron chi connectivity index (χ4n) is 1.80. The molecule has 0 aliphatic rings. The number of pyridine rings is 3. The number of nitrogens with zero attached hydrogens (tertiary/aromatic N) is 3. The molecule has 0 unspecified atom stereocenters. The van der Waals surface area contributed by atoms with Crippen LogP contribution in [0.25, 0.3) is 22.2 Å². The van der Waals surface area contributed by atoms with Gasteiger partial charge in [-0.1, -0.05) is 0 Å². The molecule has 3 rings (SSSR count). The molecule has 3 aromatic rings. The summed E-state index contributed by atoms with van der Waals surface area (Å²) < 4.78 is 5.12. The van der Waals surface area contributed by atoms with Crippen molar-refractivity contribution in [2.45, 2.75) is 0 Å². The number of hydrogen-bond acceptors (Lipinski definition) is 4. The van der Waals surface area contributed by atoms with Crippen LogP contribution in [0, 0.1) is 0 Å². The van der Waals surface area contributed by atoms with E-state index in [-0.39, 0.29) is 0 Å². The molecule has 0 saturated carbocycles. The number of rotatable bonds is 2. The molecule has 0 saturated heterocycles. The Morgan fingerprint density at radius 2 is 1.78 bits per heavy atom. The Morgan fingerprint density at radius 1 is 0.944 bits per heavy atom. The molecule has 0 aromatic carbocycles. The standard InChI is InChI=1S/C14H11N3O/c1-18-14-3-2-12-13(17-14)8-11(9-16-12)10-4-6-15-7-5-10/h2-9H,1H3. The summed E-state index contributed by atoms with van der Waals surface area (Å²) in [5.41, 5.74) is 3.77. The van der Waals surface area contributed by atoms with E-state index in [0.29, 0.717) is 5.88 Å². The fraction of sp³-hybridized carbons (Fsp3) is 0.0714. The van der Waals surface area contributed by atoms with E-state index in [9.17, 15) is 0 Å². The molecule has 0 amide bonds. The van der Waals surface area contributed by atoms with Gasteiger partial charge in [0.25, 0.3) is 0 Å². The summed E-state index contributed by atoms with van der Waals surface area (Å²) in [6.45, 7) is 0. The molecule has 3 heterocycles. The Morgan fingerprint density at radius 3 is 2.56 bits per heavy atom.